The van der Waals surface area contributed by atoms with E-state index in [0.717, 1.165) is 10.8 Å². The number of hydrogen-bond acceptors (Lipinski definition) is 17. The number of aromatic amines is 1. The van der Waals surface area contributed by atoms with Gasteiger partial charge in [0.1, 0.15) is 36.6 Å². The molecule has 5 heterocycles. The van der Waals surface area contributed by atoms with E-state index in [0.29, 0.717) is 0 Å². The van der Waals surface area contributed by atoms with Crippen molar-refractivity contribution in [2.45, 2.75) is 49.7 Å². The maximum atomic E-state index is 12.9. The van der Waals surface area contributed by atoms with Crippen LogP contribution in [0.15, 0.2) is 22.1 Å². The number of Topliss-reactive ketones (excluding diaryl/α,β-unsaturated/α-hetero) is 1. The van der Waals surface area contributed by atoms with Gasteiger partial charge in [-0.05, 0) is 0 Å². The Labute approximate surface area is 250 Å². The summed E-state index contributed by atoms with van der Waals surface area (Å²) in [6.45, 7) is -1.35. The number of hydrogen-bond donors (Lipinski definition) is 6. The second-order valence-electron chi connectivity index (χ2n) is 9.95. The van der Waals surface area contributed by atoms with Gasteiger partial charge in [0.2, 0.25) is 5.95 Å². The summed E-state index contributed by atoms with van der Waals surface area (Å²) in [4.78, 5) is 61.4. The summed E-state index contributed by atoms with van der Waals surface area (Å²) < 4.78 is 36.7. The van der Waals surface area contributed by atoms with Gasteiger partial charge in [-0.3, -0.25) is 32.8 Å². The van der Waals surface area contributed by atoms with Gasteiger partial charge < -0.3 is 36.0 Å². The molecule has 0 amide bonds. The quantitative estimate of drug-likeness (QED) is 0.100. The molecule has 2 saturated heterocycles. The van der Waals surface area contributed by atoms with Crippen molar-refractivity contribution in [3.63, 3.8) is 0 Å². The highest BCUT2D eigenvalue weighted by molar-refractivity contribution is 7.47. The summed E-state index contributed by atoms with van der Waals surface area (Å²) in [6.07, 6.45) is -5.16. The molecule has 0 bridgehead atoms. The third kappa shape index (κ3) is 6.33. The molecule has 0 spiro atoms. The van der Waals surface area contributed by atoms with Crippen LogP contribution >= 0.6 is 7.82 Å². The molecule has 0 aliphatic carbocycles. The smallest absolute Gasteiger partial charge is 0.394 e. The van der Waals surface area contributed by atoms with Gasteiger partial charge in [-0.25, -0.2) is 14.3 Å². The summed E-state index contributed by atoms with van der Waals surface area (Å²) in [5.74, 6) is -3.42. The predicted octanol–water partition coefficient (Wildman–Crippen LogP) is -2.18. The molecule has 3 unspecified atom stereocenters. The molecule has 2 fully saturated rings. The Kier molecular flexibility index (Phi) is 8.80. The summed E-state index contributed by atoms with van der Waals surface area (Å²) in [7, 11) is -4.91. The van der Waals surface area contributed by atoms with Crippen LogP contribution in [0.25, 0.3) is 11.2 Å². The van der Waals surface area contributed by atoms with Crippen molar-refractivity contribution in [2.24, 2.45) is 5.92 Å². The van der Waals surface area contributed by atoms with E-state index in [1.807, 2.05) is 0 Å². The fourth-order valence-electron chi connectivity index (χ4n) is 4.88. The lowest BCUT2D eigenvalue weighted by atomic mass is 10.0. The van der Waals surface area contributed by atoms with E-state index >= 15 is 0 Å². The molecule has 238 valence electrons. The Hall–Kier alpha value is -4.57. The number of phosphoric acid groups is 1. The molecule has 2 aliphatic heterocycles. The highest BCUT2D eigenvalue weighted by atomic mass is 31.2. The number of fused-ring (bicyclic) bond motifs is 1. The summed E-state index contributed by atoms with van der Waals surface area (Å²) in [5.41, 5.74) is 9.37. The number of carbonyl (C=O) groups is 1. The lowest BCUT2D eigenvalue weighted by Gasteiger charge is -2.21. The van der Waals surface area contributed by atoms with Gasteiger partial charge in [-0.15, -0.1) is 0 Å². The molecule has 0 aromatic carbocycles. The number of nitrogens with one attached hydrogen (secondary N) is 1. The SMILES string of the molecule is N#CC(C#N)C(=O)c1cn([C@H]2CC(OP(=O)(O)OC[C@H]3O[C@@H](n4cnc5c(=O)[nH]c(N)nc54)CC3O)[C@@H](CO)O2)c(=O)nc1N. The van der Waals surface area contributed by atoms with E-state index in [2.05, 4.69) is 19.9 Å². The Morgan fingerprint density at radius 2 is 1.87 bits per heavy atom. The van der Waals surface area contributed by atoms with Gasteiger partial charge in [-0.1, -0.05) is 0 Å². The van der Waals surface area contributed by atoms with E-state index in [9.17, 15) is 34.1 Å². The van der Waals surface area contributed by atoms with Crippen molar-refractivity contribution >= 4 is 36.5 Å². The minimum Gasteiger partial charge on any atom is -0.394 e. The van der Waals surface area contributed by atoms with E-state index in [1.54, 1.807) is 0 Å². The maximum Gasteiger partial charge on any atom is 0.472 e. The van der Waals surface area contributed by atoms with Crippen LogP contribution in [0.4, 0.5) is 11.8 Å². The van der Waals surface area contributed by atoms with Gasteiger partial charge in [0, 0.05) is 19.0 Å². The largest absolute Gasteiger partial charge is 0.472 e. The van der Waals surface area contributed by atoms with Crippen LogP contribution in [-0.2, 0) is 23.1 Å². The Balaban J connectivity index is 1.25. The van der Waals surface area contributed by atoms with Gasteiger partial charge in [0.15, 0.2) is 22.9 Å². The molecule has 21 nitrogen and oxygen atoms in total. The standard InChI is InChI=1S/C23H25N10O11P/c24-3-9(4-25)18(36)10-5-32(23(38)29-19(10)26)16-2-12(13(6-34)42-16)44-45(39,40)41-7-14-11(35)1-15(43-14)33-8-28-17-20(33)30-22(27)31-21(17)37/h5,8-9,11-16,34-35H,1-2,6-7H2,(H,39,40)(H2,26,29,38)(H3,27,30,31,37)/t11?,12?,13-,14-,15-,16-/m1/s1. The molecule has 5 rings (SSSR count). The van der Waals surface area contributed by atoms with Crippen LogP contribution in [-0.4, -0.2) is 87.6 Å². The van der Waals surface area contributed by atoms with Crippen molar-refractivity contribution in [3.05, 3.63) is 38.9 Å². The van der Waals surface area contributed by atoms with Crippen LogP contribution in [0.1, 0.15) is 35.7 Å². The molecule has 2 aliphatic rings. The fourth-order valence-corrected chi connectivity index (χ4v) is 5.84. The first kappa shape index (κ1) is 31.8. The van der Waals surface area contributed by atoms with E-state index in [1.165, 1.54) is 23.0 Å². The number of nitrogens with two attached hydrogens (primary N) is 2. The number of H-pyrrole nitrogens is 1. The zero-order valence-corrected chi connectivity index (χ0v) is 23.8. The number of rotatable bonds is 10. The topological polar surface area (TPSA) is 330 Å². The first-order valence-corrected chi connectivity index (χ1v) is 14.5. The summed E-state index contributed by atoms with van der Waals surface area (Å²) in [6, 6.07) is 3.00. The Morgan fingerprint density at radius 3 is 2.56 bits per heavy atom. The lowest BCUT2D eigenvalue weighted by molar-refractivity contribution is -0.0564. The number of ketones is 1. The molecule has 0 radical (unpaired) electrons. The number of imidazole rings is 1. The molecule has 22 heteroatoms. The maximum absolute atomic E-state index is 12.9. The summed E-state index contributed by atoms with van der Waals surface area (Å²) >= 11 is 0. The van der Waals surface area contributed by atoms with Crippen LogP contribution in [0.2, 0.25) is 0 Å². The van der Waals surface area contributed by atoms with Gasteiger partial charge in [-0.2, -0.15) is 20.5 Å². The summed E-state index contributed by atoms with van der Waals surface area (Å²) in [5, 5.41) is 38.4. The third-order valence-corrected chi connectivity index (χ3v) is 8.09. The average molecular weight is 648 g/mol. The van der Waals surface area contributed by atoms with Gasteiger partial charge in [0.25, 0.3) is 5.56 Å². The Bertz CT molecular complexity index is 1870. The normalized spacial score (nSPS) is 26.1. The van der Waals surface area contributed by atoms with Gasteiger partial charge >= 0.3 is 13.5 Å². The number of nitrogen functional groups attached to an aromatic ring is 2. The molecular formula is C23H25N10O11P. The van der Waals surface area contributed by atoms with Crippen molar-refractivity contribution in [1.29, 1.82) is 10.5 Å². The number of anilines is 2. The third-order valence-electron chi connectivity index (χ3n) is 7.07. The fraction of sp³-hybridized carbons (Fsp3) is 0.478. The van der Waals surface area contributed by atoms with Crippen molar-refractivity contribution in [2.75, 3.05) is 24.7 Å². The second kappa shape index (κ2) is 12.4. The van der Waals surface area contributed by atoms with Crippen molar-refractivity contribution in [3.8, 4) is 12.1 Å². The second-order valence-corrected chi connectivity index (χ2v) is 11.4. The van der Waals surface area contributed by atoms with E-state index < -0.39 is 92.2 Å². The zero-order chi connectivity index (χ0) is 32.6. The monoisotopic (exact) mass is 648 g/mol. The zero-order valence-electron chi connectivity index (χ0n) is 22.9. The number of aliphatic hydroxyl groups is 2. The lowest BCUT2D eigenvalue weighted by Crippen LogP contribution is -2.30. The molecule has 7 atom stereocenters. The minimum atomic E-state index is -4.91. The van der Waals surface area contributed by atoms with E-state index in [4.69, 9.17) is 40.5 Å². The van der Waals surface area contributed by atoms with Crippen LogP contribution in [0.3, 0.4) is 0 Å². The number of carbonyl (C=O) groups excluding carboxylic acids is 1. The number of aromatic nitrogens is 6. The number of ether oxygens (including phenoxy) is 2. The number of aliphatic hydroxyl groups excluding tert-OH is 2. The average Bonchev–Trinajstić information content (AvgIpc) is 3.69. The number of nitriles is 2. The number of nitrogens with zero attached hydrogens (tertiary/aromatic N) is 7. The number of phosphoric ester groups is 1. The molecule has 3 aromatic rings. The van der Waals surface area contributed by atoms with Crippen LogP contribution < -0.4 is 22.7 Å². The highest BCUT2D eigenvalue weighted by Gasteiger charge is 2.43. The van der Waals surface area contributed by atoms with Crippen LogP contribution in [0.5, 0.6) is 0 Å². The van der Waals surface area contributed by atoms with Crippen LogP contribution in [0, 0.1) is 28.6 Å². The minimum absolute atomic E-state index is 0.0147. The molecule has 3 aromatic heterocycles. The molecule has 0 saturated carbocycles. The van der Waals surface area contributed by atoms with Crippen molar-refractivity contribution < 1.29 is 43.0 Å². The van der Waals surface area contributed by atoms with Crippen molar-refractivity contribution in [1.82, 2.24) is 29.1 Å². The van der Waals surface area contributed by atoms with Gasteiger partial charge in [0.05, 0.1) is 43.3 Å². The molecule has 8 N–H and O–H groups in total. The predicted molar refractivity (Wildman–Crippen MR) is 145 cm³/mol. The first-order chi connectivity index (χ1) is 21.3. The molecular weight excluding hydrogens is 623 g/mol. The first-order valence-electron chi connectivity index (χ1n) is 13.1. The molecule has 45 heavy (non-hydrogen) atoms. The highest BCUT2D eigenvalue weighted by Crippen LogP contribution is 2.49. The Morgan fingerprint density at radius 1 is 1.18 bits per heavy atom. The van der Waals surface area contributed by atoms with E-state index in [-0.39, 0.29) is 30.0 Å².